The number of benzene rings is 1. The summed E-state index contributed by atoms with van der Waals surface area (Å²) in [6.07, 6.45) is 3.13. The number of nitrogens with zero attached hydrogens (tertiary/aromatic N) is 1. The Kier molecular flexibility index (Phi) is 10.0. The first-order valence-corrected chi connectivity index (χ1v) is 7.51. The topological polar surface area (TPSA) is 68.0 Å². The lowest BCUT2D eigenvalue weighted by molar-refractivity contribution is -0.121. The van der Waals surface area contributed by atoms with Crippen LogP contribution in [0.15, 0.2) is 36.5 Å². The number of halogens is 2. The number of thiazole rings is 1. The smallest absolute Gasteiger partial charge is 0.222 e. The molecule has 0 fully saturated rings. The van der Waals surface area contributed by atoms with Gasteiger partial charge in [0.05, 0.1) is 6.54 Å². The largest absolute Gasteiger partial charge is 0.350 e. The molecule has 0 aliphatic heterocycles. The van der Waals surface area contributed by atoms with Crippen molar-refractivity contribution >= 4 is 42.1 Å². The Morgan fingerprint density at radius 3 is 2.59 bits per heavy atom. The monoisotopic (exact) mass is 361 g/mol. The molecule has 0 saturated heterocycles. The highest BCUT2D eigenvalue weighted by Crippen LogP contribution is 2.15. The molecule has 7 heteroatoms. The zero-order valence-corrected chi connectivity index (χ0v) is 14.8. The molecule has 1 heterocycles. The van der Waals surface area contributed by atoms with Crippen molar-refractivity contribution in [1.82, 2.24) is 10.3 Å². The van der Waals surface area contributed by atoms with E-state index in [1.165, 1.54) is 4.88 Å². The van der Waals surface area contributed by atoms with Gasteiger partial charge in [0.2, 0.25) is 5.91 Å². The summed E-state index contributed by atoms with van der Waals surface area (Å²) in [4.78, 5) is 17.4. The van der Waals surface area contributed by atoms with E-state index >= 15 is 0 Å². The molecule has 22 heavy (non-hydrogen) atoms. The van der Waals surface area contributed by atoms with E-state index in [-0.39, 0.29) is 43.2 Å². The van der Waals surface area contributed by atoms with Crippen molar-refractivity contribution in [2.75, 3.05) is 0 Å². The lowest BCUT2D eigenvalue weighted by Gasteiger charge is -2.11. The minimum Gasteiger partial charge on any atom is -0.350 e. The summed E-state index contributed by atoms with van der Waals surface area (Å²) in [5.41, 5.74) is 6.99. The van der Waals surface area contributed by atoms with Gasteiger partial charge in [-0.1, -0.05) is 37.3 Å². The molecule has 1 aromatic heterocycles. The maximum Gasteiger partial charge on any atom is 0.222 e. The third-order valence-electron chi connectivity index (χ3n) is 3.02. The van der Waals surface area contributed by atoms with Crippen molar-refractivity contribution < 1.29 is 4.79 Å². The second-order valence-corrected chi connectivity index (χ2v) is 5.77. The number of hydrogen-bond acceptors (Lipinski definition) is 4. The molecule has 4 nitrogen and oxygen atoms in total. The van der Waals surface area contributed by atoms with Gasteiger partial charge in [0, 0.05) is 23.5 Å². The maximum absolute atomic E-state index is 11.9. The fourth-order valence-corrected chi connectivity index (χ4v) is 2.66. The Labute approximate surface area is 147 Å². The highest BCUT2D eigenvalue weighted by atomic mass is 35.5. The van der Waals surface area contributed by atoms with Crippen LogP contribution < -0.4 is 11.1 Å². The maximum atomic E-state index is 11.9. The van der Waals surface area contributed by atoms with Crippen molar-refractivity contribution in [2.45, 2.75) is 32.4 Å². The molecule has 2 aromatic rings. The molecule has 0 spiro atoms. The number of nitrogens with one attached hydrogen (secondary N) is 1. The summed E-state index contributed by atoms with van der Waals surface area (Å²) >= 11 is 1.63. The van der Waals surface area contributed by atoms with Crippen molar-refractivity contribution in [2.24, 2.45) is 5.73 Å². The summed E-state index contributed by atoms with van der Waals surface area (Å²) < 4.78 is 0. The molecule has 3 N–H and O–H groups in total. The summed E-state index contributed by atoms with van der Waals surface area (Å²) in [7, 11) is 0. The Morgan fingerprint density at radius 1 is 1.32 bits per heavy atom. The Bertz CT molecular complexity index is 563. The second kappa shape index (κ2) is 10.6. The second-order valence-electron chi connectivity index (χ2n) is 4.57. The van der Waals surface area contributed by atoms with Crippen molar-refractivity contribution in [3.05, 3.63) is 52.0 Å². The molecular formula is C15H21Cl2N3OS. The number of aromatic nitrogens is 1. The fraction of sp³-hybridized carbons (Fsp3) is 0.333. The minimum absolute atomic E-state index is 0. The normalized spacial score (nSPS) is 11.0. The van der Waals surface area contributed by atoms with Gasteiger partial charge in [0.25, 0.3) is 0 Å². The lowest BCUT2D eigenvalue weighted by Crippen LogP contribution is -2.27. The zero-order valence-electron chi connectivity index (χ0n) is 12.3. The number of hydrogen-bond donors (Lipinski definition) is 2. The average Bonchev–Trinajstić information content (AvgIpc) is 2.94. The highest BCUT2D eigenvalue weighted by Gasteiger charge is 2.11. The van der Waals surface area contributed by atoms with Crippen LogP contribution in [0.2, 0.25) is 0 Å². The third kappa shape index (κ3) is 6.32. The molecule has 0 radical (unpaired) electrons. The molecule has 0 saturated carbocycles. The first-order chi connectivity index (χ1) is 9.69. The van der Waals surface area contributed by atoms with E-state index in [1.54, 1.807) is 11.3 Å². The Balaban J connectivity index is 0.00000220. The van der Waals surface area contributed by atoms with Gasteiger partial charge in [-0.15, -0.1) is 36.2 Å². The van der Waals surface area contributed by atoms with Gasteiger partial charge < -0.3 is 11.1 Å². The van der Waals surface area contributed by atoms with E-state index in [2.05, 4.69) is 17.2 Å². The van der Waals surface area contributed by atoms with Crippen LogP contribution >= 0.6 is 36.2 Å². The van der Waals surface area contributed by atoms with E-state index in [0.29, 0.717) is 6.54 Å². The van der Waals surface area contributed by atoms with Crippen LogP contribution in [0.5, 0.6) is 0 Å². The van der Waals surface area contributed by atoms with E-state index < -0.39 is 0 Å². The van der Waals surface area contributed by atoms with E-state index in [1.807, 2.05) is 36.5 Å². The van der Waals surface area contributed by atoms with Crippen LogP contribution in [-0.2, 0) is 17.8 Å². The number of carbonyl (C=O) groups is 1. The SMILES string of the molecule is CCc1cnc(CNC(=O)CC(N)c2ccccc2)s1.Cl.Cl. The number of nitrogens with two attached hydrogens (primary N) is 1. The fourth-order valence-electron chi connectivity index (χ4n) is 1.86. The minimum atomic E-state index is -0.265. The zero-order chi connectivity index (χ0) is 14.4. The van der Waals surface area contributed by atoms with Crippen molar-refractivity contribution in [1.29, 1.82) is 0 Å². The lowest BCUT2D eigenvalue weighted by atomic mass is 10.0. The van der Waals surface area contributed by atoms with Crippen LogP contribution in [0.25, 0.3) is 0 Å². The summed E-state index contributed by atoms with van der Waals surface area (Å²) in [5, 5.41) is 3.80. The van der Waals surface area contributed by atoms with Crippen molar-refractivity contribution in [3.63, 3.8) is 0 Å². The van der Waals surface area contributed by atoms with Gasteiger partial charge in [-0.25, -0.2) is 4.98 Å². The summed E-state index contributed by atoms with van der Waals surface area (Å²) in [6, 6.07) is 9.39. The van der Waals surface area contributed by atoms with Crippen LogP contribution in [0, 0.1) is 0 Å². The van der Waals surface area contributed by atoms with Gasteiger partial charge in [-0.05, 0) is 12.0 Å². The van der Waals surface area contributed by atoms with E-state index in [9.17, 15) is 4.79 Å². The van der Waals surface area contributed by atoms with Gasteiger partial charge in [-0.2, -0.15) is 0 Å². The number of carbonyl (C=O) groups excluding carboxylic acids is 1. The van der Waals surface area contributed by atoms with Crippen LogP contribution in [0.1, 0.15) is 34.8 Å². The molecule has 1 unspecified atom stereocenters. The van der Waals surface area contributed by atoms with Crippen molar-refractivity contribution in [3.8, 4) is 0 Å². The van der Waals surface area contributed by atoms with Crippen LogP contribution in [0.3, 0.4) is 0 Å². The molecular weight excluding hydrogens is 341 g/mol. The van der Waals surface area contributed by atoms with Crippen LogP contribution in [-0.4, -0.2) is 10.9 Å². The van der Waals surface area contributed by atoms with E-state index in [4.69, 9.17) is 5.73 Å². The number of amides is 1. The molecule has 122 valence electrons. The molecule has 2 rings (SSSR count). The summed E-state index contributed by atoms with van der Waals surface area (Å²) in [5.74, 6) is -0.0467. The first kappa shape index (κ1) is 20.9. The molecule has 1 amide bonds. The Morgan fingerprint density at radius 2 is 2.00 bits per heavy atom. The number of rotatable bonds is 6. The molecule has 1 aromatic carbocycles. The highest BCUT2D eigenvalue weighted by molar-refractivity contribution is 7.11. The predicted octanol–water partition coefficient (Wildman–Crippen LogP) is 3.26. The van der Waals surface area contributed by atoms with Gasteiger partial charge in [0.15, 0.2) is 0 Å². The first-order valence-electron chi connectivity index (χ1n) is 6.70. The van der Waals surface area contributed by atoms with Gasteiger partial charge in [0.1, 0.15) is 5.01 Å². The molecule has 0 aliphatic rings. The van der Waals surface area contributed by atoms with E-state index in [0.717, 1.165) is 17.0 Å². The third-order valence-corrected chi connectivity index (χ3v) is 4.16. The Hall–Kier alpha value is -1.14. The van der Waals surface area contributed by atoms with Gasteiger partial charge >= 0.3 is 0 Å². The number of aryl methyl sites for hydroxylation is 1. The molecule has 0 aliphatic carbocycles. The molecule has 1 atom stereocenters. The van der Waals surface area contributed by atoms with Crippen LogP contribution in [0.4, 0.5) is 0 Å². The predicted molar refractivity (Wildman–Crippen MR) is 95.8 cm³/mol. The average molecular weight is 362 g/mol. The standard InChI is InChI=1S/C15H19N3OS.2ClH/c1-2-12-9-18-15(20-12)10-17-14(19)8-13(16)11-6-4-3-5-7-11;;/h3-7,9,13H,2,8,10,16H2,1H3,(H,17,19);2*1H. The quantitative estimate of drug-likeness (QED) is 0.829. The molecule has 0 bridgehead atoms. The van der Waals surface area contributed by atoms with Gasteiger partial charge in [-0.3, -0.25) is 4.79 Å². The summed E-state index contributed by atoms with van der Waals surface area (Å²) in [6.45, 7) is 2.57.